The first-order valence-electron chi connectivity index (χ1n) is 5.20. The van der Waals surface area contributed by atoms with Crippen LogP contribution >= 0.6 is 0 Å². The second kappa shape index (κ2) is 7.06. The van der Waals surface area contributed by atoms with E-state index in [1.54, 1.807) is 0 Å². The van der Waals surface area contributed by atoms with E-state index in [2.05, 4.69) is 5.32 Å². The SMILES string of the molecule is CNC(C)CC(C)OCCCC(F)(F)F. The van der Waals surface area contributed by atoms with Crippen LogP contribution < -0.4 is 5.32 Å². The molecular weight excluding hydrogens is 207 g/mol. The van der Waals surface area contributed by atoms with Gasteiger partial charge in [-0.2, -0.15) is 13.2 Å². The summed E-state index contributed by atoms with van der Waals surface area (Å²) >= 11 is 0. The number of ether oxygens (including phenoxy) is 1. The Morgan fingerprint density at radius 2 is 1.87 bits per heavy atom. The van der Waals surface area contributed by atoms with Gasteiger partial charge in [0.25, 0.3) is 0 Å². The molecule has 2 nitrogen and oxygen atoms in total. The molecule has 15 heavy (non-hydrogen) atoms. The highest BCUT2D eigenvalue weighted by molar-refractivity contribution is 4.62. The van der Waals surface area contributed by atoms with Gasteiger partial charge in [-0.1, -0.05) is 0 Å². The predicted molar refractivity (Wildman–Crippen MR) is 53.8 cm³/mol. The summed E-state index contributed by atoms with van der Waals surface area (Å²) in [5.74, 6) is 0. The third-order valence-corrected chi connectivity index (χ3v) is 2.19. The van der Waals surface area contributed by atoms with E-state index >= 15 is 0 Å². The zero-order valence-corrected chi connectivity index (χ0v) is 9.53. The van der Waals surface area contributed by atoms with E-state index in [9.17, 15) is 13.2 Å². The summed E-state index contributed by atoms with van der Waals surface area (Å²) in [6.07, 6.45) is -3.98. The van der Waals surface area contributed by atoms with E-state index in [-0.39, 0.29) is 19.1 Å². The fourth-order valence-corrected chi connectivity index (χ4v) is 1.24. The fraction of sp³-hybridized carbons (Fsp3) is 1.00. The molecule has 0 saturated heterocycles. The summed E-state index contributed by atoms with van der Waals surface area (Å²) in [5.41, 5.74) is 0. The molecule has 0 fully saturated rings. The number of nitrogens with one attached hydrogen (secondary N) is 1. The van der Waals surface area contributed by atoms with Gasteiger partial charge in [-0.3, -0.25) is 0 Å². The lowest BCUT2D eigenvalue weighted by molar-refractivity contribution is -0.138. The van der Waals surface area contributed by atoms with Crippen molar-refractivity contribution in [2.24, 2.45) is 0 Å². The maximum atomic E-state index is 11.8. The van der Waals surface area contributed by atoms with Gasteiger partial charge >= 0.3 is 6.18 Å². The minimum atomic E-state index is -4.06. The van der Waals surface area contributed by atoms with Crippen LogP contribution in [0, 0.1) is 0 Å². The Kier molecular flexibility index (Phi) is 6.92. The van der Waals surface area contributed by atoms with Crippen molar-refractivity contribution < 1.29 is 17.9 Å². The average Bonchev–Trinajstić information content (AvgIpc) is 2.11. The molecular formula is C10H20F3NO. The van der Waals surface area contributed by atoms with Crippen molar-refractivity contribution in [1.82, 2.24) is 5.32 Å². The zero-order valence-electron chi connectivity index (χ0n) is 9.53. The molecule has 0 rings (SSSR count). The molecule has 0 bridgehead atoms. The van der Waals surface area contributed by atoms with E-state index in [1.807, 2.05) is 20.9 Å². The van der Waals surface area contributed by atoms with Crippen molar-refractivity contribution in [3.05, 3.63) is 0 Å². The summed E-state index contributed by atoms with van der Waals surface area (Å²) < 4.78 is 40.6. The van der Waals surface area contributed by atoms with Crippen molar-refractivity contribution in [2.45, 2.75) is 51.4 Å². The number of halogens is 3. The van der Waals surface area contributed by atoms with E-state index in [0.717, 1.165) is 6.42 Å². The lowest BCUT2D eigenvalue weighted by Gasteiger charge is -2.17. The van der Waals surface area contributed by atoms with E-state index < -0.39 is 12.6 Å². The Hall–Kier alpha value is -0.290. The topological polar surface area (TPSA) is 21.3 Å². The van der Waals surface area contributed by atoms with Crippen molar-refractivity contribution in [1.29, 1.82) is 0 Å². The van der Waals surface area contributed by atoms with Crippen LogP contribution in [0.2, 0.25) is 0 Å². The van der Waals surface area contributed by atoms with Crippen molar-refractivity contribution >= 4 is 0 Å². The van der Waals surface area contributed by atoms with Gasteiger partial charge in [0.1, 0.15) is 0 Å². The standard InChI is InChI=1S/C10H20F3NO/c1-8(14-3)7-9(2)15-6-4-5-10(11,12)13/h8-9,14H,4-7H2,1-3H3. The van der Waals surface area contributed by atoms with Gasteiger partial charge < -0.3 is 10.1 Å². The molecule has 0 aromatic rings. The van der Waals surface area contributed by atoms with Crippen LogP contribution in [0.15, 0.2) is 0 Å². The van der Waals surface area contributed by atoms with E-state index in [1.165, 1.54) is 0 Å². The monoisotopic (exact) mass is 227 g/mol. The highest BCUT2D eigenvalue weighted by atomic mass is 19.4. The Balaban J connectivity index is 3.43. The highest BCUT2D eigenvalue weighted by Gasteiger charge is 2.26. The third kappa shape index (κ3) is 10.0. The van der Waals surface area contributed by atoms with Crippen LogP contribution in [0.5, 0.6) is 0 Å². The molecule has 5 heteroatoms. The Bertz CT molecular complexity index is 161. The largest absolute Gasteiger partial charge is 0.389 e. The number of rotatable bonds is 7. The Labute approximate surface area is 89.2 Å². The summed E-state index contributed by atoms with van der Waals surface area (Å²) in [7, 11) is 1.85. The zero-order chi connectivity index (χ0) is 11.9. The summed E-state index contributed by atoms with van der Waals surface area (Å²) in [6.45, 7) is 4.06. The molecule has 2 unspecified atom stereocenters. The predicted octanol–water partition coefficient (Wildman–Crippen LogP) is 2.73. The molecule has 0 saturated carbocycles. The van der Waals surface area contributed by atoms with Crippen LogP contribution in [0.1, 0.15) is 33.1 Å². The molecule has 0 aromatic heterocycles. The molecule has 0 heterocycles. The van der Waals surface area contributed by atoms with E-state index in [0.29, 0.717) is 6.04 Å². The molecule has 0 aliphatic heterocycles. The highest BCUT2D eigenvalue weighted by Crippen LogP contribution is 2.21. The molecule has 0 amide bonds. The summed E-state index contributed by atoms with van der Waals surface area (Å²) in [6, 6.07) is 0.322. The normalized spacial score (nSPS) is 16.4. The molecule has 0 aliphatic rings. The number of hydrogen-bond donors (Lipinski definition) is 1. The van der Waals surface area contributed by atoms with Gasteiger partial charge in [-0.15, -0.1) is 0 Å². The maximum Gasteiger partial charge on any atom is 0.389 e. The first kappa shape index (κ1) is 14.7. The first-order valence-corrected chi connectivity index (χ1v) is 5.20. The van der Waals surface area contributed by atoms with Gasteiger partial charge in [0.15, 0.2) is 0 Å². The quantitative estimate of drug-likeness (QED) is 0.675. The summed E-state index contributed by atoms with van der Waals surface area (Å²) in [5, 5.41) is 3.05. The van der Waals surface area contributed by atoms with Crippen LogP contribution in [-0.2, 0) is 4.74 Å². The van der Waals surface area contributed by atoms with Gasteiger partial charge in [0.2, 0.25) is 0 Å². The van der Waals surface area contributed by atoms with Gasteiger partial charge in [-0.05, 0) is 33.7 Å². The lowest BCUT2D eigenvalue weighted by atomic mass is 10.1. The Morgan fingerprint density at radius 3 is 2.33 bits per heavy atom. The van der Waals surface area contributed by atoms with Crippen LogP contribution in [-0.4, -0.2) is 32.0 Å². The van der Waals surface area contributed by atoms with E-state index in [4.69, 9.17) is 4.74 Å². The van der Waals surface area contributed by atoms with Gasteiger partial charge in [0.05, 0.1) is 6.10 Å². The minimum absolute atomic E-state index is 0.000633. The molecule has 0 radical (unpaired) electrons. The summed E-state index contributed by atoms with van der Waals surface area (Å²) in [4.78, 5) is 0. The van der Waals surface area contributed by atoms with Crippen molar-refractivity contribution in [3.8, 4) is 0 Å². The molecule has 1 N–H and O–H groups in total. The Morgan fingerprint density at radius 1 is 1.27 bits per heavy atom. The smallest absolute Gasteiger partial charge is 0.378 e. The van der Waals surface area contributed by atoms with Crippen LogP contribution in [0.3, 0.4) is 0 Å². The molecule has 2 atom stereocenters. The molecule has 0 spiro atoms. The second-order valence-corrected chi connectivity index (χ2v) is 3.83. The van der Waals surface area contributed by atoms with Crippen molar-refractivity contribution in [3.63, 3.8) is 0 Å². The minimum Gasteiger partial charge on any atom is -0.378 e. The fourth-order valence-electron chi connectivity index (χ4n) is 1.24. The molecule has 0 aliphatic carbocycles. The van der Waals surface area contributed by atoms with Crippen LogP contribution in [0.4, 0.5) is 13.2 Å². The van der Waals surface area contributed by atoms with Gasteiger partial charge in [0, 0.05) is 19.1 Å². The average molecular weight is 227 g/mol. The molecule has 0 aromatic carbocycles. The molecule has 92 valence electrons. The number of alkyl halides is 3. The number of hydrogen-bond acceptors (Lipinski definition) is 2. The van der Waals surface area contributed by atoms with Crippen molar-refractivity contribution in [2.75, 3.05) is 13.7 Å². The first-order chi connectivity index (χ1) is 6.85. The lowest BCUT2D eigenvalue weighted by Crippen LogP contribution is -2.27. The van der Waals surface area contributed by atoms with Gasteiger partial charge in [-0.25, -0.2) is 0 Å². The van der Waals surface area contributed by atoms with Crippen LogP contribution in [0.25, 0.3) is 0 Å². The maximum absolute atomic E-state index is 11.8. The second-order valence-electron chi connectivity index (χ2n) is 3.83. The third-order valence-electron chi connectivity index (χ3n) is 2.19.